The molecule has 4 aliphatic rings. The molecule has 3 fully saturated rings. The van der Waals surface area contributed by atoms with E-state index >= 15 is 0 Å². The van der Waals surface area contributed by atoms with Crippen LogP contribution in [0.1, 0.15) is 43.7 Å². The monoisotopic (exact) mass is 560 g/mol. The maximum Gasteiger partial charge on any atom is 0.164 e. The number of aromatic amines is 1. The number of para-hydroxylation sites is 1. The van der Waals surface area contributed by atoms with Crippen molar-refractivity contribution in [2.75, 3.05) is 5.32 Å². The number of hydrogen-bond donors (Lipinski definition) is 2. The van der Waals surface area contributed by atoms with Crippen molar-refractivity contribution in [1.29, 1.82) is 0 Å². The minimum atomic E-state index is -0.644. The number of ether oxygens (including phenoxy) is 1. The van der Waals surface area contributed by atoms with Crippen LogP contribution >= 0.6 is 0 Å². The largest absolute Gasteiger partial charge is 0.456 e. The Morgan fingerprint density at radius 1 is 0.857 bits per heavy atom. The molecule has 5 nitrogen and oxygen atoms in total. The molecule has 0 spiro atoms. The Kier molecular flexibility index (Phi) is 5.88. The van der Waals surface area contributed by atoms with Gasteiger partial charge in [-0.3, -0.25) is 0 Å². The van der Waals surface area contributed by atoms with Crippen LogP contribution in [0.2, 0.25) is 0 Å². The predicted octanol–water partition coefficient (Wildman–Crippen LogP) is 9.08. The van der Waals surface area contributed by atoms with Gasteiger partial charge in [-0.05, 0) is 61.6 Å². The highest BCUT2D eigenvalue weighted by molar-refractivity contribution is 5.94. The molecule has 3 aliphatic carbocycles. The SMILES string of the molecule is C[C@@H]1C2CCC(CC2)[C@H]1Nc1cc(-c2ccc3c(c2)Oc2ccccc2C=C3)nc(-c2c[nH]c3c(F)cc(F)cc23)n1. The first kappa shape index (κ1) is 25.2. The lowest BCUT2D eigenvalue weighted by atomic mass is 9.62. The smallest absolute Gasteiger partial charge is 0.164 e. The van der Waals surface area contributed by atoms with Gasteiger partial charge in [0.1, 0.15) is 29.0 Å². The van der Waals surface area contributed by atoms with Gasteiger partial charge in [0.05, 0.1) is 11.2 Å². The molecule has 2 atom stereocenters. The second-order valence-electron chi connectivity index (χ2n) is 11.9. The number of H-pyrrole nitrogens is 1. The van der Waals surface area contributed by atoms with E-state index in [9.17, 15) is 8.78 Å². The van der Waals surface area contributed by atoms with Gasteiger partial charge in [-0.1, -0.05) is 49.4 Å². The molecule has 7 heteroatoms. The van der Waals surface area contributed by atoms with Crippen LogP contribution in [0.4, 0.5) is 14.6 Å². The van der Waals surface area contributed by atoms with Gasteiger partial charge in [-0.2, -0.15) is 0 Å². The number of rotatable bonds is 4. The zero-order valence-electron chi connectivity index (χ0n) is 23.2. The Balaban J connectivity index is 1.24. The van der Waals surface area contributed by atoms with Crippen LogP contribution in [0, 0.1) is 29.4 Å². The van der Waals surface area contributed by atoms with Crippen molar-refractivity contribution < 1.29 is 13.5 Å². The van der Waals surface area contributed by atoms with Crippen molar-refractivity contribution in [1.82, 2.24) is 15.0 Å². The number of halogens is 2. The first-order chi connectivity index (χ1) is 20.5. The molecule has 1 aliphatic heterocycles. The molecule has 0 amide bonds. The second-order valence-corrected chi connectivity index (χ2v) is 11.9. The molecule has 2 bridgehead atoms. The third-order valence-corrected chi connectivity index (χ3v) is 9.51. The lowest BCUT2D eigenvalue weighted by Crippen LogP contribution is -2.47. The maximum atomic E-state index is 14.6. The van der Waals surface area contributed by atoms with Gasteiger partial charge >= 0.3 is 0 Å². The Bertz CT molecular complexity index is 1870. The molecule has 42 heavy (non-hydrogen) atoms. The molecule has 9 rings (SSSR count). The van der Waals surface area contributed by atoms with E-state index in [1.54, 1.807) is 6.20 Å². The van der Waals surface area contributed by atoms with Crippen molar-refractivity contribution in [3.63, 3.8) is 0 Å². The molecule has 5 aromatic rings. The standard InChI is InChI=1S/C35H30F2N4O/c1-19-20-6-11-23(12-7-20)33(19)40-32-17-29(39-35(41-32)27-18-38-34-26(27)15-25(36)16-28(34)37)24-13-10-22-9-8-21-4-2-3-5-30(21)42-31(22)14-24/h2-5,8-10,13-20,23,33,38H,6-7,11-12H2,1H3,(H,39,40,41)/t19-,20?,23?,33+/m1/s1. The van der Waals surface area contributed by atoms with E-state index in [-0.39, 0.29) is 5.52 Å². The molecule has 3 saturated carbocycles. The van der Waals surface area contributed by atoms with Crippen molar-refractivity contribution in [3.05, 3.63) is 89.6 Å². The normalized spacial score (nSPS) is 22.4. The highest BCUT2D eigenvalue weighted by Crippen LogP contribution is 2.46. The number of benzene rings is 3. The number of nitrogens with zero attached hydrogens (tertiary/aromatic N) is 2. The second kappa shape index (κ2) is 9.79. The van der Waals surface area contributed by atoms with Gasteiger partial charge in [0.2, 0.25) is 0 Å². The van der Waals surface area contributed by atoms with Gasteiger partial charge in [0.25, 0.3) is 0 Å². The van der Waals surface area contributed by atoms with Crippen molar-refractivity contribution in [3.8, 4) is 34.1 Å². The van der Waals surface area contributed by atoms with Gasteiger partial charge in [-0.25, -0.2) is 18.7 Å². The van der Waals surface area contributed by atoms with Gasteiger partial charge < -0.3 is 15.0 Å². The lowest BCUT2D eigenvalue weighted by molar-refractivity contribution is 0.0928. The fourth-order valence-electron chi connectivity index (χ4n) is 7.23. The number of hydrogen-bond acceptors (Lipinski definition) is 4. The maximum absolute atomic E-state index is 14.6. The predicted molar refractivity (Wildman–Crippen MR) is 162 cm³/mol. The molecular weight excluding hydrogens is 530 g/mol. The molecular formula is C35H30F2N4O. The molecule has 2 aromatic heterocycles. The molecule has 0 radical (unpaired) electrons. The molecule has 3 aromatic carbocycles. The fraction of sp³-hybridized carbons (Fsp3) is 0.257. The number of fused-ring (bicyclic) bond motifs is 6. The van der Waals surface area contributed by atoms with E-state index in [0.717, 1.165) is 40.2 Å². The van der Waals surface area contributed by atoms with Gasteiger partial charge in [0.15, 0.2) is 5.82 Å². The quantitative estimate of drug-likeness (QED) is 0.226. The van der Waals surface area contributed by atoms with Crippen LogP contribution in [0.3, 0.4) is 0 Å². The highest BCUT2D eigenvalue weighted by Gasteiger charge is 2.41. The highest BCUT2D eigenvalue weighted by atomic mass is 19.1. The first-order valence-corrected chi connectivity index (χ1v) is 14.7. The zero-order chi connectivity index (χ0) is 28.4. The topological polar surface area (TPSA) is 62.8 Å². The summed E-state index contributed by atoms with van der Waals surface area (Å²) in [6.45, 7) is 2.34. The minimum Gasteiger partial charge on any atom is -0.456 e. The fourth-order valence-corrected chi connectivity index (χ4v) is 7.23. The first-order valence-electron chi connectivity index (χ1n) is 14.7. The molecule has 3 heterocycles. The van der Waals surface area contributed by atoms with Crippen molar-refractivity contribution in [2.24, 2.45) is 17.8 Å². The van der Waals surface area contributed by atoms with E-state index in [0.29, 0.717) is 46.2 Å². The number of anilines is 1. The Morgan fingerprint density at radius 3 is 2.48 bits per heavy atom. The van der Waals surface area contributed by atoms with Crippen LogP contribution in [-0.4, -0.2) is 21.0 Å². The van der Waals surface area contributed by atoms with E-state index in [2.05, 4.69) is 29.4 Å². The zero-order valence-corrected chi connectivity index (χ0v) is 23.2. The molecule has 210 valence electrons. The summed E-state index contributed by atoms with van der Waals surface area (Å²) in [5.74, 6) is 3.24. The van der Waals surface area contributed by atoms with Crippen molar-refractivity contribution >= 4 is 28.9 Å². The number of aromatic nitrogens is 3. The number of nitrogens with one attached hydrogen (secondary N) is 2. The van der Waals surface area contributed by atoms with E-state index in [4.69, 9.17) is 14.7 Å². The average molecular weight is 561 g/mol. The van der Waals surface area contributed by atoms with E-state index in [1.807, 2.05) is 48.5 Å². The van der Waals surface area contributed by atoms with Crippen molar-refractivity contribution in [2.45, 2.75) is 38.6 Å². The summed E-state index contributed by atoms with van der Waals surface area (Å²) in [4.78, 5) is 12.8. The van der Waals surface area contributed by atoms with Crippen LogP contribution in [-0.2, 0) is 0 Å². The van der Waals surface area contributed by atoms with Crippen LogP contribution in [0.25, 0.3) is 45.7 Å². The minimum absolute atomic E-state index is 0.233. The molecule has 0 saturated heterocycles. The van der Waals surface area contributed by atoms with E-state index in [1.165, 1.54) is 31.7 Å². The van der Waals surface area contributed by atoms with E-state index < -0.39 is 11.6 Å². The van der Waals surface area contributed by atoms with Crippen LogP contribution in [0.15, 0.2) is 66.9 Å². The summed E-state index contributed by atoms with van der Waals surface area (Å²) in [5.41, 5.74) is 4.34. The van der Waals surface area contributed by atoms with Crippen LogP contribution < -0.4 is 10.1 Å². The molecule has 0 unspecified atom stereocenters. The summed E-state index contributed by atoms with van der Waals surface area (Å²) < 4.78 is 35.2. The van der Waals surface area contributed by atoms with Gasteiger partial charge in [-0.15, -0.1) is 0 Å². The summed E-state index contributed by atoms with van der Waals surface area (Å²) in [6, 6.07) is 18.5. The summed E-state index contributed by atoms with van der Waals surface area (Å²) in [7, 11) is 0. The average Bonchev–Trinajstić information content (AvgIpc) is 3.34. The lowest BCUT2D eigenvalue weighted by Gasteiger charge is -2.47. The Labute approximate surface area is 242 Å². The Hall–Kier alpha value is -4.52. The summed E-state index contributed by atoms with van der Waals surface area (Å²) in [5, 5.41) is 4.19. The summed E-state index contributed by atoms with van der Waals surface area (Å²) in [6.07, 6.45) is 10.8. The molecule has 2 N–H and O–H groups in total. The van der Waals surface area contributed by atoms with Gasteiger partial charge in [0, 0.05) is 52.0 Å². The Morgan fingerprint density at radius 2 is 1.64 bits per heavy atom. The summed E-state index contributed by atoms with van der Waals surface area (Å²) >= 11 is 0. The van der Waals surface area contributed by atoms with Crippen LogP contribution in [0.5, 0.6) is 11.5 Å². The third-order valence-electron chi connectivity index (χ3n) is 9.51. The third kappa shape index (κ3) is 4.26.